The standard InChI is InChI=1S/C16H16N2O2/c1-16-9-5-7-11-10-6-3-4-8-12(10)18(2)13(11)14(16)17-15(19)20-16/h3-4,6,8H,5,7,9H2,1-2H3. The number of para-hydroxylation sites is 1. The molecule has 2 aliphatic rings. The fraction of sp³-hybridized carbons (Fsp3) is 0.375. The molecule has 4 heteroatoms. The average Bonchev–Trinajstić information content (AvgIpc) is 2.81. The van der Waals surface area contributed by atoms with Gasteiger partial charge in [-0.3, -0.25) is 0 Å². The summed E-state index contributed by atoms with van der Waals surface area (Å²) in [5, 5.41) is 1.26. The molecule has 1 unspecified atom stereocenters. The van der Waals surface area contributed by atoms with Crippen LogP contribution in [0.4, 0.5) is 4.79 Å². The minimum absolute atomic E-state index is 0.458. The third-order valence-electron chi connectivity index (χ3n) is 4.53. The van der Waals surface area contributed by atoms with E-state index < -0.39 is 11.7 Å². The molecule has 1 aromatic carbocycles. The van der Waals surface area contributed by atoms with E-state index >= 15 is 0 Å². The van der Waals surface area contributed by atoms with Crippen LogP contribution in [0.5, 0.6) is 0 Å². The van der Waals surface area contributed by atoms with E-state index in [0.717, 1.165) is 30.7 Å². The number of ether oxygens (including phenoxy) is 1. The van der Waals surface area contributed by atoms with Crippen molar-refractivity contribution >= 4 is 22.7 Å². The highest BCUT2D eigenvalue weighted by Crippen LogP contribution is 2.38. The fourth-order valence-electron chi connectivity index (χ4n) is 3.58. The Labute approximate surface area is 117 Å². The molecule has 1 aromatic heterocycles. The summed E-state index contributed by atoms with van der Waals surface area (Å²) in [6.07, 6.45) is 2.38. The molecule has 0 spiro atoms. The van der Waals surface area contributed by atoms with Crippen LogP contribution in [-0.2, 0) is 18.2 Å². The maximum absolute atomic E-state index is 11.6. The van der Waals surface area contributed by atoms with Crippen molar-refractivity contribution < 1.29 is 9.53 Å². The lowest BCUT2D eigenvalue weighted by Gasteiger charge is -2.23. The van der Waals surface area contributed by atoms with Crippen molar-refractivity contribution in [1.29, 1.82) is 0 Å². The fourth-order valence-corrected chi connectivity index (χ4v) is 3.58. The van der Waals surface area contributed by atoms with Gasteiger partial charge in [0, 0.05) is 18.0 Å². The lowest BCUT2D eigenvalue weighted by atomic mass is 9.94. The lowest BCUT2D eigenvalue weighted by Crippen LogP contribution is -2.35. The van der Waals surface area contributed by atoms with Crippen LogP contribution >= 0.6 is 0 Å². The molecule has 1 amide bonds. The normalized spacial score (nSPS) is 24.9. The van der Waals surface area contributed by atoms with Gasteiger partial charge in [-0.15, -0.1) is 0 Å². The summed E-state index contributed by atoms with van der Waals surface area (Å²) in [7, 11) is 2.04. The van der Waals surface area contributed by atoms with Gasteiger partial charge in [-0.1, -0.05) is 18.2 Å². The van der Waals surface area contributed by atoms with Crippen LogP contribution in [0.3, 0.4) is 0 Å². The van der Waals surface area contributed by atoms with Crippen molar-refractivity contribution in [3.8, 4) is 0 Å². The number of carbonyl (C=O) groups is 1. The van der Waals surface area contributed by atoms with Gasteiger partial charge in [0.2, 0.25) is 0 Å². The zero-order valence-electron chi connectivity index (χ0n) is 11.6. The molecule has 0 bridgehead atoms. The summed E-state index contributed by atoms with van der Waals surface area (Å²) >= 11 is 0. The van der Waals surface area contributed by atoms with Crippen molar-refractivity contribution in [1.82, 2.24) is 4.57 Å². The Bertz CT molecular complexity index is 772. The Morgan fingerprint density at radius 2 is 2.15 bits per heavy atom. The highest BCUT2D eigenvalue weighted by Gasteiger charge is 2.45. The second kappa shape index (κ2) is 3.72. The molecular weight excluding hydrogens is 252 g/mol. The van der Waals surface area contributed by atoms with Gasteiger partial charge in [-0.2, -0.15) is 4.99 Å². The van der Waals surface area contributed by atoms with Crippen molar-refractivity contribution in [2.45, 2.75) is 31.8 Å². The Morgan fingerprint density at radius 1 is 1.35 bits per heavy atom. The van der Waals surface area contributed by atoms with Crippen molar-refractivity contribution in [3.63, 3.8) is 0 Å². The Hall–Kier alpha value is -2.10. The van der Waals surface area contributed by atoms with E-state index in [1.165, 1.54) is 16.5 Å². The van der Waals surface area contributed by atoms with Crippen LogP contribution in [-0.4, -0.2) is 22.0 Å². The number of nitrogens with zero attached hydrogens (tertiary/aromatic N) is 2. The van der Waals surface area contributed by atoms with E-state index in [0.29, 0.717) is 0 Å². The number of aromatic nitrogens is 1. The lowest BCUT2D eigenvalue weighted by molar-refractivity contribution is 0.0878. The molecule has 0 N–H and O–H groups in total. The summed E-state index contributed by atoms with van der Waals surface area (Å²) in [5.74, 6) is 0. The van der Waals surface area contributed by atoms with Gasteiger partial charge in [-0.05, 0) is 37.8 Å². The number of rotatable bonds is 0. The van der Waals surface area contributed by atoms with Gasteiger partial charge in [-0.25, -0.2) is 4.79 Å². The quantitative estimate of drug-likeness (QED) is 0.736. The minimum atomic E-state index is -0.565. The van der Waals surface area contributed by atoms with Gasteiger partial charge in [0.05, 0.1) is 5.69 Å². The van der Waals surface area contributed by atoms with Crippen molar-refractivity contribution in [3.05, 3.63) is 35.5 Å². The predicted molar refractivity (Wildman–Crippen MR) is 77.3 cm³/mol. The number of carbonyl (C=O) groups excluding carboxylic acids is 1. The highest BCUT2D eigenvalue weighted by molar-refractivity contribution is 6.16. The molecule has 0 fully saturated rings. The molecular formula is C16H16N2O2. The summed E-state index contributed by atoms with van der Waals surface area (Å²) < 4.78 is 7.63. The summed E-state index contributed by atoms with van der Waals surface area (Å²) in [6.45, 7) is 1.98. The first-order valence-corrected chi connectivity index (χ1v) is 6.99. The number of aryl methyl sites for hydroxylation is 2. The van der Waals surface area contributed by atoms with Gasteiger partial charge in [0.1, 0.15) is 5.71 Å². The number of benzene rings is 1. The molecule has 2 aromatic rings. The maximum Gasteiger partial charge on any atom is 0.434 e. The van der Waals surface area contributed by atoms with Gasteiger partial charge < -0.3 is 9.30 Å². The van der Waals surface area contributed by atoms with E-state index in [9.17, 15) is 4.79 Å². The molecule has 0 saturated heterocycles. The smallest absolute Gasteiger partial charge is 0.434 e. The van der Waals surface area contributed by atoms with Crippen molar-refractivity contribution in [2.75, 3.05) is 0 Å². The van der Waals surface area contributed by atoms with Crippen LogP contribution < -0.4 is 0 Å². The van der Waals surface area contributed by atoms with Crippen LogP contribution in [0, 0.1) is 0 Å². The maximum atomic E-state index is 11.6. The number of hydrogen-bond acceptors (Lipinski definition) is 2. The first kappa shape index (κ1) is 11.7. The number of aliphatic imine (C=N–C) groups is 1. The van der Waals surface area contributed by atoms with E-state index in [1.54, 1.807) is 0 Å². The SMILES string of the molecule is Cn1c2c(c3ccccc31)CCCC1(C)OC(=O)N=C21. The average molecular weight is 268 g/mol. The highest BCUT2D eigenvalue weighted by atomic mass is 16.6. The van der Waals surface area contributed by atoms with Gasteiger partial charge in [0.15, 0.2) is 5.60 Å². The minimum Gasteiger partial charge on any atom is -0.435 e. The molecule has 4 rings (SSSR count). The topological polar surface area (TPSA) is 43.6 Å². The van der Waals surface area contributed by atoms with Gasteiger partial charge in [0.25, 0.3) is 0 Å². The van der Waals surface area contributed by atoms with E-state index in [4.69, 9.17) is 4.74 Å². The Kier molecular flexibility index (Phi) is 2.18. The molecule has 4 nitrogen and oxygen atoms in total. The molecule has 20 heavy (non-hydrogen) atoms. The third-order valence-corrected chi connectivity index (χ3v) is 4.53. The van der Waals surface area contributed by atoms with E-state index in [2.05, 4.69) is 27.8 Å². The second-order valence-corrected chi connectivity index (χ2v) is 5.82. The monoisotopic (exact) mass is 268 g/mol. The van der Waals surface area contributed by atoms with Crippen molar-refractivity contribution in [2.24, 2.45) is 12.0 Å². The zero-order valence-corrected chi connectivity index (χ0v) is 11.6. The summed E-state index contributed by atoms with van der Waals surface area (Å²) in [6, 6.07) is 8.36. The molecule has 102 valence electrons. The third kappa shape index (κ3) is 1.36. The second-order valence-electron chi connectivity index (χ2n) is 5.82. The van der Waals surface area contributed by atoms with Crippen LogP contribution in [0.1, 0.15) is 31.0 Å². The first-order chi connectivity index (χ1) is 9.60. The Morgan fingerprint density at radius 3 is 3.00 bits per heavy atom. The van der Waals surface area contributed by atoms with Crippen LogP contribution in [0.2, 0.25) is 0 Å². The molecule has 0 radical (unpaired) electrons. The number of amides is 1. The van der Waals surface area contributed by atoms with Crippen LogP contribution in [0.15, 0.2) is 29.3 Å². The molecule has 0 saturated carbocycles. The van der Waals surface area contributed by atoms with E-state index in [1.807, 2.05) is 20.0 Å². The zero-order chi connectivity index (χ0) is 13.9. The summed E-state index contributed by atoms with van der Waals surface area (Å²) in [5.41, 5.74) is 3.78. The Balaban J connectivity index is 2.09. The molecule has 1 aliphatic carbocycles. The molecule has 2 heterocycles. The molecule has 1 atom stereocenters. The molecule has 1 aliphatic heterocycles. The largest absolute Gasteiger partial charge is 0.435 e. The summed E-state index contributed by atoms with van der Waals surface area (Å²) in [4.78, 5) is 15.8. The van der Waals surface area contributed by atoms with Crippen LogP contribution in [0.25, 0.3) is 10.9 Å². The van der Waals surface area contributed by atoms with E-state index in [-0.39, 0.29) is 0 Å². The first-order valence-electron chi connectivity index (χ1n) is 6.99. The predicted octanol–water partition coefficient (Wildman–Crippen LogP) is 3.21. The van der Waals surface area contributed by atoms with Gasteiger partial charge >= 0.3 is 6.09 Å². The number of hydrogen-bond donors (Lipinski definition) is 0. The number of fused-ring (bicyclic) bond motifs is 5.